The Morgan fingerprint density at radius 1 is 0.659 bits per heavy atom. The minimum absolute atomic E-state index is 0.107. The molecule has 0 aliphatic heterocycles. The lowest BCUT2D eigenvalue weighted by Gasteiger charge is -2.32. The molecule has 0 spiro atoms. The predicted molar refractivity (Wildman–Crippen MR) is 181 cm³/mol. The van der Waals surface area contributed by atoms with E-state index in [9.17, 15) is 9.90 Å². The van der Waals surface area contributed by atoms with Crippen molar-refractivity contribution in [2.45, 2.75) is 152 Å². The first kappa shape index (κ1) is 35.6. The van der Waals surface area contributed by atoms with Gasteiger partial charge in [0.25, 0.3) is 0 Å². The van der Waals surface area contributed by atoms with Crippen molar-refractivity contribution in [3.8, 4) is 11.5 Å². The van der Waals surface area contributed by atoms with Crippen molar-refractivity contribution >= 4 is 29.3 Å². The fraction of sp³-hybridized carbons (Fsp3) is 0.639. The van der Waals surface area contributed by atoms with Gasteiger partial charge in [0.05, 0.1) is 10.7 Å². The van der Waals surface area contributed by atoms with E-state index in [1.165, 1.54) is 20.9 Å². The van der Waals surface area contributed by atoms with Crippen molar-refractivity contribution < 1.29 is 14.6 Å². The lowest BCUT2D eigenvalue weighted by Crippen LogP contribution is -2.21. The summed E-state index contributed by atoms with van der Waals surface area (Å²) in [7, 11) is 0. The maximum absolute atomic E-state index is 11.5. The molecule has 2 aromatic rings. The van der Waals surface area contributed by atoms with Gasteiger partial charge in [-0.15, -0.1) is 23.5 Å². The Morgan fingerprint density at radius 3 is 1.32 bits per heavy atom. The minimum atomic E-state index is -0.171. The number of ether oxygens (including phenoxy) is 1. The third-order valence-electron chi connectivity index (χ3n) is 7.02. The SMILES string of the molecule is CC(=O)CCCOc1c(C(C)(C)C)cc(SC(C)(C)Sc2cc(C(C)(C)C)c(O)c(C(C)(C)C)c2)cc1C(C)(C)C. The summed E-state index contributed by atoms with van der Waals surface area (Å²) in [6.07, 6.45) is 1.27. The summed E-state index contributed by atoms with van der Waals surface area (Å²) in [5.41, 5.74) is 3.84. The van der Waals surface area contributed by atoms with Crippen molar-refractivity contribution in [3.63, 3.8) is 0 Å². The van der Waals surface area contributed by atoms with Gasteiger partial charge in [-0.1, -0.05) is 83.1 Å². The van der Waals surface area contributed by atoms with E-state index in [1.807, 2.05) is 23.5 Å². The van der Waals surface area contributed by atoms with Crippen LogP contribution < -0.4 is 4.74 Å². The summed E-state index contributed by atoms with van der Waals surface area (Å²) >= 11 is 3.72. The molecule has 0 atom stereocenters. The van der Waals surface area contributed by atoms with Crippen molar-refractivity contribution in [1.82, 2.24) is 0 Å². The third kappa shape index (κ3) is 9.99. The number of phenolic OH excluding ortho intramolecular Hbond substituents is 1. The number of carbonyl (C=O) groups is 1. The standard InChI is InChI=1S/C36H56O3S2/c1-23(37)17-16-18-39-31-28(34(8,9)10)21-25(22-29(31)35(11,12)13)41-36(14,15)40-24-19-26(32(2,3)4)30(38)27(20-24)33(5,6)7/h19-22,38H,16-18H2,1-15H3. The summed E-state index contributed by atoms with van der Waals surface area (Å²) in [4.78, 5) is 13.9. The molecule has 3 nitrogen and oxygen atoms in total. The molecular weight excluding hydrogens is 545 g/mol. The van der Waals surface area contributed by atoms with Gasteiger partial charge in [0, 0.05) is 38.5 Å². The normalized spacial score (nSPS) is 13.4. The van der Waals surface area contributed by atoms with Crippen molar-refractivity contribution in [3.05, 3.63) is 46.5 Å². The molecule has 2 aromatic carbocycles. The van der Waals surface area contributed by atoms with Crippen LogP contribution in [-0.4, -0.2) is 21.6 Å². The van der Waals surface area contributed by atoms with Gasteiger partial charge in [0.15, 0.2) is 0 Å². The number of rotatable bonds is 9. The van der Waals surface area contributed by atoms with Gasteiger partial charge < -0.3 is 14.6 Å². The van der Waals surface area contributed by atoms with Crippen molar-refractivity contribution in [2.24, 2.45) is 0 Å². The second-order valence-electron chi connectivity index (χ2n) is 16.0. The average Bonchev–Trinajstić information content (AvgIpc) is 2.74. The van der Waals surface area contributed by atoms with E-state index in [2.05, 4.69) is 121 Å². The number of benzene rings is 2. The molecule has 0 unspecified atom stereocenters. The molecule has 0 heterocycles. The summed E-state index contributed by atoms with van der Waals surface area (Å²) in [6, 6.07) is 8.97. The maximum Gasteiger partial charge on any atom is 0.129 e. The zero-order valence-electron chi connectivity index (χ0n) is 28.5. The molecule has 230 valence electrons. The fourth-order valence-corrected chi connectivity index (χ4v) is 7.41. The molecule has 0 saturated carbocycles. The lowest BCUT2D eigenvalue weighted by molar-refractivity contribution is -0.117. The zero-order chi connectivity index (χ0) is 31.8. The quantitative estimate of drug-likeness (QED) is 0.176. The third-order valence-corrected chi connectivity index (χ3v) is 9.45. The molecule has 41 heavy (non-hydrogen) atoms. The lowest BCUT2D eigenvalue weighted by atomic mass is 9.79. The number of phenols is 1. The zero-order valence-corrected chi connectivity index (χ0v) is 30.1. The Morgan fingerprint density at radius 2 is 1.00 bits per heavy atom. The predicted octanol–water partition coefficient (Wildman–Crippen LogP) is 11.0. The van der Waals surface area contributed by atoms with E-state index in [-0.39, 0.29) is 31.5 Å². The minimum Gasteiger partial charge on any atom is -0.507 e. The van der Waals surface area contributed by atoms with E-state index in [1.54, 1.807) is 6.92 Å². The summed E-state index contributed by atoms with van der Waals surface area (Å²) in [5.74, 6) is 1.58. The molecule has 0 aliphatic carbocycles. The van der Waals surface area contributed by atoms with E-state index in [0.717, 1.165) is 23.3 Å². The molecule has 0 saturated heterocycles. The topological polar surface area (TPSA) is 46.5 Å². The van der Waals surface area contributed by atoms with Crippen LogP contribution in [0.5, 0.6) is 11.5 Å². The molecule has 0 fully saturated rings. The number of aromatic hydroxyl groups is 1. The molecule has 0 radical (unpaired) electrons. The van der Waals surface area contributed by atoms with Crippen molar-refractivity contribution in [1.29, 1.82) is 0 Å². The van der Waals surface area contributed by atoms with Crippen LogP contribution in [0.2, 0.25) is 0 Å². The Balaban J connectivity index is 2.57. The number of thioether (sulfide) groups is 2. The van der Waals surface area contributed by atoms with Gasteiger partial charge in [-0.05, 0) is 73.1 Å². The van der Waals surface area contributed by atoms with Crippen LogP contribution in [0.3, 0.4) is 0 Å². The second kappa shape index (κ2) is 12.6. The summed E-state index contributed by atoms with van der Waals surface area (Å²) in [6.45, 7) is 33.1. The van der Waals surface area contributed by atoms with Crippen LogP contribution in [0, 0.1) is 0 Å². The first-order valence-electron chi connectivity index (χ1n) is 14.9. The molecule has 0 aromatic heterocycles. The highest BCUT2D eigenvalue weighted by molar-refractivity contribution is 8.18. The van der Waals surface area contributed by atoms with Gasteiger partial charge in [0.2, 0.25) is 0 Å². The fourth-order valence-electron chi connectivity index (χ4n) is 4.83. The van der Waals surface area contributed by atoms with Crippen LogP contribution in [-0.2, 0) is 26.5 Å². The molecule has 5 heteroatoms. The Kier molecular flexibility index (Phi) is 10.9. The summed E-state index contributed by atoms with van der Waals surface area (Å²) < 4.78 is 6.29. The van der Waals surface area contributed by atoms with Crippen LogP contribution in [0.4, 0.5) is 0 Å². The average molecular weight is 601 g/mol. The number of hydrogen-bond donors (Lipinski definition) is 1. The highest BCUT2D eigenvalue weighted by Gasteiger charge is 2.32. The Hall–Kier alpha value is -1.59. The Bertz CT molecular complexity index is 1160. The number of carbonyl (C=O) groups excluding carboxylic acids is 1. The number of hydrogen-bond acceptors (Lipinski definition) is 5. The smallest absolute Gasteiger partial charge is 0.129 e. The summed E-state index contributed by atoms with van der Waals surface area (Å²) in [5, 5.41) is 11.2. The maximum atomic E-state index is 11.5. The second-order valence-corrected chi connectivity index (χ2v) is 19.6. The van der Waals surface area contributed by atoms with Crippen LogP contribution in [0.25, 0.3) is 0 Å². The van der Waals surface area contributed by atoms with E-state index in [0.29, 0.717) is 18.8 Å². The van der Waals surface area contributed by atoms with E-state index < -0.39 is 0 Å². The molecule has 0 bridgehead atoms. The molecular formula is C36H56O3S2. The van der Waals surface area contributed by atoms with E-state index in [4.69, 9.17) is 4.74 Å². The largest absolute Gasteiger partial charge is 0.507 e. The monoisotopic (exact) mass is 600 g/mol. The number of Topliss-reactive ketones (excluding diaryl/α,β-unsaturated/α-hetero) is 1. The first-order valence-corrected chi connectivity index (χ1v) is 16.5. The molecule has 2 rings (SSSR count). The molecule has 0 amide bonds. The Labute approximate surface area is 260 Å². The van der Waals surface area contributed by atoms with Crippen LogP contribution >= 0.6 is 23.5 Å². The van der Waals surface area contributed by atoms with Crippen LogP contribution in [0.15, 0.2) is 34.1 Å². The molecule has 1 N–H and O–H groups in total. The van der Waals surface area contributed by atoms with Gasteiger partial charge in [-0.2, -0.15) is 0 Å². The van der Waals surface area contributed by atoms with Gasteiger partial charge in [-0.3, -0.25) is 0 Å². The van der Waals surface area contributed by atoms with Crippen molar-refractivity contribution in [2.75, 3.05) is 6.61 Å². The van der Waals surface area contributed by atoms with Gasteiger partial charge in [0.1, 0.15) is 17.3 Å². The highest BCUT2D eigenvalue weighted by Crippen LogP contribution is 2.51. The highest BCUT2D eigenvalue weighted by atomic mass is 32.2. The van der Waals surface area contributed by atoms with Gasteiger partial charge >= 0.3 is 0 Å². The van der Waals surface area contributed by atoms with Gasteiger partial charge in [-0.25, -0.2) is 0 Å². The molecule has 0 aliphatic rings. The van der Waals surface area contributed by atoms with Crippen LogP contribution in [0.1, 0.15) is 139 Å². The first-order chi connectivity index (χ1) is 18.3. The van der Waals surface area contributed by atoms with E-state index >= 15 is 0 Å². The number of ketones is 1.